The lowest BCUT2D eigenvalue weighted by Gasteiger charge is -2.04. The lowest BCUT2D eigenvalue weighted by molar-refractivity contribution is 0.108. The molecule has 0 saturated carbocycles. The highest BCUT2D eigenvalue weighted by Crippen LogP contribution is 2.25. The van der Waals surface area contributed by atoms with Gasteiger partial charge in [-0.1, -0.05) is 15.9 Å². The third-order valence-electron chi connectivity index (χ3n) is 2.30. The highest BCUT2D eigenvalue weighted by Gasteiger charge is 2.07. The van der Waals surface area contributed by atoms with Crippen LogP contribution in [0.5, 0.6) is 0 Å². The molecule has 0 saturated heterocycles. The van der Waals surface area contributed by atoms with Gasteiger partial charge in [0.25, 0.3) is 5.24 Å². The van der Waals surface area contributed by atoms with Crippen molar-refractivity contribution in [2.24, 2.45) is 0 Å². The van der Waals surface area contributed by atoms with Crippen molar-refractivity contribution in [1.29, 1.82) is 0 Å². The highest BCUT2D eigenvalue weighted by molar-refractivity contribution is 9.10. The van der Waals surface area contributed by atoms with E-state index in [1.807, 2.05) is 19.1 Å². The van der Waals surface area contributed by atoms with Crippen molar-refractivity contribution in [2.45, 2.75) is 6.92 Å². The largest absolute Gasteiger partial charge is 0.276 e. The van der Waals surface area contributed by atoms with Crippen molar-refractivity contribution in [1.82, 2.24) is 4.98 Å². The second kappa shape index (κ2) is 3.91. The van der Waals surface area contributed by atoms with Gasteiger partial charge < -0.3 is 0 Å². The highest BCUT2D eigenvalue weighted by atomic mass is 79.9. The van der Waals surface area contributed by atoms with Crippen LogP contribution in [0.4, 0.5) is 0 Å². The Morgan fingerprint density at radius 1 is 1.47 bits per heavy atom. The molecule has 0 unspecified atom stereocenters. The van der Waals surface area contributed by atoms with Crippen LogP contribution in [0.25, 0.3) is 10.9 Å². The molecule has 76 valence electrons. The number of benzene rings is 1. The average Bonchev–Trinajstić information content (AvgIpc) is 2.23. The van der Waals surface area contributed by atoms with Crippen LogP contribution in [0.2, 0.25) is 0 Å². The number of hydrogen-bond donors (Lipinski definition) is 0. The lowest BCUT2D eigenvalue weighted by atomic mass is 10.1. The van der Waals surface area contributed by atoms with Crippen molar-refractivity contribution in [3.63, 3.8) is 0 Å². The number of nitrogens with zero attached hydrogens (tertiary/aromatic N) is 1. The number of pyridine rings is 1. The first kappa shape index (κ1) is 10.6. The van der Waals surface area contributed by atoms with Gasteiger partial charge in [-0.2, -0.15) is 0 Å². The molecule has 1 aromatic carbocycles. The van der Waals surface area contributed by atoms with E-state index in [4.69, 9.17) is 11.6 Å². The predicted octanol–water partition coefficient (Wildman–Crippen LogP) is 3.68. The van der Waals surface area contributed by atoms with Gasteiger partial charge in [-0.3, -0.25) is 9.78 Å². The van der Waals surface area contributed by atoms with Gasteiger partial charge in [0, 0.05) is 16.1 Å². The van der Waals surface area contributed by atoms with E-state index in [-0.39, 0.29) is 0 Å². The third-order valence-corrected chi connectivity index (χ3v) is 3.37. The Morgan fingerprint density at radius 2 is 2.20 bits per heavy atom. The molecule has 0 fully saturated rings. The van der Waals surface area contributed by atoms with E-state index in [0.717, 1.165) is 20.9 Å². The molecular formula is C11H7BrClNO. The van der Waals surface area contributed by atoms with E-state index >= 15 is 0 Å². The summed E-state index contributed by atoms with van der Waals surface area (Å²) in [6.45, 7) is 1.97. The van der Waals surface area contributed by atoms with Crippen LogP contribution < -0.4 is 0 Å². The smallest absolute Gasteiger partial charge is 0.253 e. The van der Waals surface area contributed by atoms with Crippen LogP contribution >= 0.6 is 27.5 Å². The molecule has 4 heteroatoms. The second-order valence-electron chi connectivity index (χ2n) is 3.24. The van der Waals surface area contributed by atoms with Gasteiger partial charge >= 0.3 is 0 Å². The maximum absolute atomic E-state index is 11.0. The third kappa shape index (κ3) is 1.90. The van der Waals surface area contributed by atoms with Crippen molar-refractivity contribution in [2.75, 3.05) is 0 Å². The first-order valence-electron chi connectivity index (χ1n) is 4.34. The Labute approximate surface area is 100 Å². The van der Waals surface area contributed by atoms with E-state index < -0.39 is 5.24 Å². The molecule has 0 atom stereocenters. The fourth-order valence-electron chi connectivity index (χ4n) is 1.42. The molecular weight excluding hydrogens is 277 g/mol. The zero-order chi connectivity index (χ0) is 11.0. The summed E-state index contributed by atoms with van der Waals surface area (Å²) in [5, 5.41) is 0.458. The van der Waals surface area contributed by atoms with Gasteiger partial charge in [0.15, 0.2) is 0 Å². The van der Waals surface area contributed by atoms with Crippen molar-refractivity contribution in [3.05, 3.63) is 40.0 Å². The average molecular weight is 285 g/mol. The fourth-order valence-corrected chi connectivity index (χ4v) is 1.87. The normalized spacial score (nSPS) is 10.6. The summed E-state index contributed by atoms with van der Waals surface area (Å²) in [5.74, 6) is 0. The molecule has 0 aliphatic rings. The van der Waals surface area contributed by atoms with Crippen molar-refractivity contribution in [3.8, 4) is 0 Å². The minimum atomic E-state index is -0.483. The SMILES string of the molecule is Cc1c(Br)ccc2ncc(C(=O)Cl)cc12. The van der Waals surface area contributed by atoms with Crippen LogP contribution in [0.15, 0.2) is 28.9 Å². The van der Waals surface area contributed by atoms with Crippen LogP contribution in [-0.4, -0.2) is 10.2 Å². The lowest BCUT2D eigenvalue weighted by Crippen LogP contribution is -1.92. The zero-order valence-corrected chi connectivity index (χ0v) is 10.3. The number of halogens is 2. The minimum absolute atomic E-state index is 0.422. The molecule has 0 N–H and O–H groups in total. The first-order chi connectivity index (χ1) is 7.09. The summed E-state index contributed by atoms with van der Waals surface area (Å²) in [5.41, 5.74) is 2.34. The van der Waals surface area contributed by atoms with Crippen LogP contribution in [0.1, 0.15) is 15.9 Å². The van der Waals surface area contributed by atoms with Crippen LogP contribution in [0, 0.1) is 6.92 Å². The van der Waals surface area contributed by atoms with Crippen molar-refractivity contribution >= 4 is 43.7 Å². The quantitative estimate of drug-likeness (QED) is 0.748. The Kier molecular flexibility index (Phi) is 2.76. The number of hydrogen-bond acceptors (Lipinski definition) is 2. The minimum Gasteiger partial charge on any atom is -0.276 e. The monoisotopic (exact) mass is 283 g/mol. The summed E-state index contributed by atoms with van der Waals surface area (Å²) in [6.07, 6.45) is 1.49. The predicted molar refractivity (Wildman–Crippen MR) is 64.4 cm³/mol. The number of rotatable bonds is 1. The Hall–Kier alpha value is -0.930. The molecule has 0 aliphatic carbocycles. The Balaban J connectivity index is 2.79. The first-order valence-corrected chi connectivity index (χ1v) is 5.51. The molecule has 0 radical (unpaired) electrons. The van der Waals surface area contributed by atoms with Gasteiger partial charge in [-0.05, 0) is 42.3 Å². The van der Waals surface area contributed by atoms with E-state index in [0.29, 0.717) is 5.56 Å². The van der Waals surface area contributed by atoms with Gasteiger partial charge in [-0.15, -0.1) is 0 Å². The van der Waals surface area contributed by atoms with Gasteiger partial charge in [0.1, 0.15) is 0 Å². The molecule has 0 bridgehead atoms. The standard InChI is InChI=1S/C11H7BrClNO/c1-6-8-4-7(11(13)15)5-14-10(8)3-2-9(6)12/h2-5H,1H3. The van der Waals surface area contributed by atoms with E-state index in [1.54, 1.807) is 6.07 Å². The maximum atomic E-state index is 11.0. The number of fused-ring (bicyclic) bond motifs is 1. The molecule has 1 aromatic heterocycles. The summed E-state index contributed by atoms with van der Waals surface area (Å²) >= 11 is 8.84. The van der Waals surface area contributed by atoms with Gasteiger partial charge in [0.05, 0.1) is 11.1 Å². The number of aryl methyl sites for hydroxylation is 1. The number of aromatic nitrogens is 1. The topological polar surface area (TPSA) is 30.0 Å². The van der Waals surface area contributed by atoms with E-state index in [1.165, 1.54) is 6.20 Å². The molecule has 0 amide bonds. The molecule has 1 heterocycles. The number of carbonyl (C=O) groups is 1. The molecule has 0 aliphatic heterocycles. The Morgan fingerprint density at radius 3 is 2.87 bits per heavy atom. The Bertz CT molecular complexity index is 554. The maximum Gasteiger partial charge on any atom is 0.253 e. The summed E-state index contributed by atoms with van der Waals surface area (Å²) < 4.78 is 0.996. The summed E-state index contributed by atoms with van der Waals surface area (Å²) in [7, 11) is 0. The number of carbonyl (C=O) groups excluding carboxylic acids is 1. The summed E-state index contributed by atoms with van der Waals surface area (Å²) in [4.78, 5) is 15.2. The van der Waals surface area contributed by atoms with Gasteiger partial charge in [0.2, 0.25) is 0 Å². The zero-order valence-electron chi connectivity index (χ0n) is 7.92. The van der Waals surface area contributed by atoms with Gasteiger partial charge in [-0.25, -0.2) is 0 Å². The summed E-state index contributed by atoms with van der Waals surface area (Å²) in [6, 6.07) is 5.60. The van der Waals surface area contributed by atoms with Crippen molar-refractivity contribution < 1.29 is 4.79 Å². The van der Waals surface area contributed by atoms with E-state index in [2.05, 4.69) is 20.9 Å². The molecule has 0 spiro atoms. The molecule has 2 aromatic rings. The fraction of sp³-hybridized carbons (Fsp3) is 0.0909. The van der Waals surface area contributed by atoms with E-state index in [9.17, 15) is 4.79 Å². The second-order valence-corrected chi connectivity index (χ2v) is 4.43. The van der Waals surface area contributed by atoms with Crippen LogP contribution in [0.3, 0.4) is 0 Å². The molecule has 2 nitrogen and oxygen atoms in total. The molecule has 2 rings (SSSR count). The van der Waals surface area contributed by atoms with Crippen LogP contribution in [-0.2, 0) is 0 Å². The molecule has 15 heavy (non-hydrogen) atoms.